The van der Waals surface area contributed by atoms with E-state index in [0.29, 0.717) is 12.1 Å². The number of rotatable bonds is 1. The SMILES string of the molecule is CC(C)OC(=O)N1C[C@H](C)N[C@@H](C)C1. The molecule has 0 bridgehead atoms. The van der Waals surface area contributed by atoms with Crippen LogP contribution in [0.15, 0.2) is 0 Å². The number of nitrogens with one attached hydrogen (secondary N) is 1. The Kier molecular flexibility index (Phi) is 3.75. The number of nitrogens with zero attached hydrogens (tertiary/aromatic N) is 1. The molecule has 14 heavy (non-hydrogen) atoms. The lowest BCUT2D eigenvalue weighted by Crippen LogP contribution is -2.56. The average Bonchev–Trinajstić information content (AvgIpc) is 2.00. The van der Waals surface area contributed by atoms with Crippen molar-refractivity contribution < 1.29 is 9.53 Å². The summed E-state index contributed by atoms with van der Waals surface area (Å²) in [5.74, 6) is 0. The molecule has 2 atom stereocenters. The van der Waals surface area contributed by atoms with Crippen molar-refractivity contribution in [3.8, 4) is 0 Å². The minimum Gasteiger partial charge on any atom is -0.447 e. The van der Waals surface area contributed by atoms with Crippen LogP contribution in [0.2, 0.25) is 0 Å². The smallest absolute Gasteiger partial charge is 0.410 e. The van der Waals surface area contributed by atoms with E-state index in [1.807, 2.05) is 13.8 Å². The summed E-state index contributed by atoms with van der Waals surface area (Å²) in [7, 11) is 0. The van der Waals surface area contributed by atoms with Gasteiger partial charge in [-0.25, -0.2) is 4.79 Å². The van der Waals surface area contributed by atoms with Crippen molar-refractivity contribution in [2.45, 2.75) is 45.9 Å². The van der Waals surface area contributed by atoms with Gasteiger partial charge in [0.1, 0.15) is 0 Å². The van der Waals surface area contributed by atoms with Crippen LogP contribution in [0.4, 0.5) is 4.79 Å². The first-order valence-electron chi connectivity index (χ1n) is 5.20. The summed E-state index contributed by atoms with van der Waals surface area (Å²) in [6, 6.07) is 0.692. The summed E-state index contributed by atoms with van der Waals surface area (Å²) in [6.45, 7) is 9.35. The first-order chi connectivity index (χ1) is 6.49. The third-order valence-electron chi connectivity index (χ3n) is 2.15. The van der Waals surface area contributed by atoms with Gasteiger partial charge in [-0.3, -0.25) is 0 Å². The molecular formula is C10H20N2O2. The van der Waals surface area contributed by atoms with Gasteiger partial charge in [-0.2, -0.15) is 0 Å². The quantitative estimate of drug-likeness (QED) is 0.692. The maximum absolute atomic E-state index is 11.6. The maximum atomic E-state index is 11.6. The number of carbonyl (C=O) groups is 1. The van der Waals surface area contributed by atoms with Gasteiger partial charge >= 0.3 is 6.09 Å². The zero-order valence-electron chi connectivity index (χ0n) is 9.41. The highest BCUT2D eigenvalue weighted by atomic mass is 16.6. The third kappa shape index (κ3) is 3.18. The van der Waals surface area contributed by atoms with Crippen LogP contribution in [0, 0.1) is 0 Å². The predicted octanol–water partition coefficient (Wildman–Crippen LogP) is 1.21. The number of ether oxygens (including phenoxy) is 1. The number of carbonyl (C=O) groups excluding carboxylic acids is 1. The summed E-state index contributed by atoms with van der Waals surface area (Å²) in [5.41, 5.74) is 0. The Morgan fingerprint density at radius 3 is 2.29 bits per heavy atom. The van der Waals surface area contributed by atoms with Gasteiger partial charge in [-0.05, 0) is 27.7 Å². The van der Waals surface area contributed by atoms with E-state index in [-0.39, 0.29) is 12.2 Å². The van der Waals surface area contributed by atoms with E-state index < -0.39 is 0 Å². The van der Waals surface area contributed by atoms with E-state index in [2.05, 4.69) is 19.2 Å². The maximum Gasteiger partial charge on any atom is 0.410 e. The monoisotopic (exact) mass is 200 g/mol. The van der Waals surface area contributed by atoms with Gasteiger partial charge in [-0.1, -0.05) is 0 Å². The van der Waals surface area contributed by atoms with E-state index in [1.54, 1.807) is 4.90 Å². The lowest BCUT2D eigenvalue weighted by Gasteiger charge is -2.35. The first kappa shape index (κ1) is 11.3. The average molecular weight is 200 g/mol. The highest BCUT2D eigenvalue weighted by Crippen LogP contribution is 2.06. The van der Waals surface area contributed by atoms with E-state index in [1.165, 1.54) is 0 Å². The summed E-state index contributed by atoms with van der Waals surface area (Å²) in [6.07, 6.45) is -0.233. The Hall–Kier alpha value is -0.770. The fourth-order valence-corrected chi connectivity index (χ4v) is 1.75. The number of amides is 1. The first-order valence-corrected chi connectivity index (χ1v) is 5.20. The standard InChI is InChI=1S/C10H20N2O2/c1-7(2)14-10(13)12-5-8(3)11-9(4)6-12/h7-9,11H,5-6H2,1-4H3/t8-,9-/m0/s1. The van der Waals surface area contributed by atoms with Gasteiger partial charge in [0.15, 0.2) is 0 Å². The number of hydrogen-bond donors (Lipinski definition) is 1. The van der Waals surface area contributed by atoms with Crippen LogP contribution in [0.25, 0.3) is 0 Å². The van der Waals surface area contributed by atoms with Crippen LogP contribution in [0.5, 0.6) is 0 Å². The molecule has 1 saturated heterocycles. The molecule has 4 nitrogen and oxygen atoms in total. The lowest BCUT2D eigenvalue weighted by atomic mass is 10.2. The predicted molar refractivity (Wildman–Crippen MR) is 55.2 cm³/mol. The molecule has 1 aliphatic heterocycles. The van der Waals surface area contributed by atoms with Crippen LogP contribution in [0.1, 0.15) is 27.7 Å². The molecule has 1 aliphatic rings. The molecule has 0 aromatic carbocycles. The third-order valence-corrected chi connectivity index (χ3v) is 2.15. The van der Waals surface area contributed by atoms with E-state index in [9.17, 15) is 4.79 Å². The zero-order chi connectivity index (χ0) is 10.7. The normalized spacial score (nSPS) is 27.9. The molecule has 1 amide bonds. The van der Waals surface area contributed by atoms with Gasteiger partial charge in [0.25, 0.3) is 0 Å². The Bertz CT molecular complexity index is 196. The van der Waals surface area contributed by atoms with Gasteiger partial charge in [0.2, 0.25) is 0 Å². The second-order valence-electron chi connectivity index (χ2n) is 4.31. The van der Waals surface area contributed by atoms with Crippen molar-refractivity contribution in [3.05, 3.63) is 0 Å². The molecule has 0 aromatic rings. The van der Waals surface area contributed by atoms with Crippen molar-refractivity contribution in [2.75, 3.05) is 13.1 Å². The fourth-order valence-electron chi connectivity index (χ4n) is 1.75. The van der Waals surface area contributed by atoms with E-state index >= 15 is 0 Å². The summed E-state index contributed by atoms with van der Waals surface area (Å²) in [5, 5.41) is 3.37. The second kappa shape index (κ2) is 4.64. The molecule has 0 aliphatic carbocycles. The summed E-state index contributed by atoms with van der Waals surface area (Å²) >= 11 is 0. The molecule has 0 saturated carbocycles. The Balaban J connectivity index is 2.46. The fraction of sp³-hybridized carbons (Fsp3) is 0.900. The molecule has 0 spiro atoms. The minimum atomic E-state index is -0.194. The Morgan fingerprint density at radius 2 is 1.86 bits per heavy atom. The molecule has 1 heterocycles. The Labute approximate surface area is 85.6 Å². The van der Waals surface area contributed by atoms with Gasteiger partial charge in [0, 0.05) is 25.2 Å². The van der Waals surface area contributed by atoms with Crippen molar-refractivity contribution >= 4 is 6.09 Å². The number of hydrogen-bond acceptors (Lipinski definition) is 3. The molecular weight excluding hydrogens is 180 g/mol. The zero-order valence-corrected chi connectivity index (χ0v) is 9.41. The highest BCUT2D eigenvalue weighted by molar-refractivity contribution is 5.68. The van der Waals surface area contributed by atoms with Crippen molar-refractivity contribution in [1.82, 2.24) is 10.2 Å². The highest BCUT2D eigenvalue weighted by Gasteiger charge is 2.25. The molecule has 0 radical (unpaired) electrons. The van der Waals surface area contributed by atoms with Crippen LogP contribution in [-0.2, 0) is 4.74 Å². The van der Waals surface area contributed by atoms with Crippen LogP contribution < -0.4 is 5.32 Å². The van der Waals surface area contributed by atoms with Gasteiger partial charge in [0.05, 0.1) is 6.10 Å². The van der Waals surface area contributed by atoms with E-state index in [4.69, 9.17) is 4.74 Å². The molecule has 1 N–H and O–H groups in total. The molecule has 0 unspecified atom stereocenters. The van der Waals surface area contributed by atoms with Crippen LogP contribution in [-0.4, -0.2) is 42.3 Å². The van der Waals surface area contributed by atoms with Crippen LogP contribution in [0.3, 0.4) is 0 Å². The molecule has 1 fully saturated rings. The van der Waals surface area contributed by atoms with Gasteiger partial charge in [-0.15, -0.1) is 0 Å². The lowest BCUT2D eigenvalue weighted by molar-refractivity contribution is 0.0627. The van der Waals surface area contributed by atoms with Crippen LogP contribution >= 0.6 is 0 Å². The van der Waals surface area contributed by atoms with E-state index in [0.717, 1.165) is 13.1 Å². The molecule has 0 aromatic heterocycles. The van der Waals surface area contributed by atoms with Crippen molar-refractivity contribution in [1.29, 1.82) is 0 Å². The van der Waals surface area contributed by atoms with Crippen molar-refractivity contribution in [3.63, 3.8) is 0 Å². The summed E-state index contributed by atoms with van der Waals surface area (Å²) in [4.78, 5) is 13.3. The topological polar surface area (TPSA) is 41.6 Å². The Morgan fingerprint density at radius 1 is 1.36 bits per heavy atom. The largest absolute Gasteiger partial charge is 0.447 e. The second-order valence-corrected chi connectivity index (χ2v) is 4.31. The van der Waals surface area contributed by atoms with Gasteiger partial charge < -0.3 is 15.0 Å². The molecule has 4 heteroatoms. The number of piperazine rings is 1. The minimum absolute atomic E-state index is 0.0389. The summed E-state index contributed by atoms with van der Waals surface area (Å²) < 4.78 is 5.15. The van der Waals surface area contributed by atoms with Crippen molar-refractivity contribution in [2.24, 2.45) is 0 Å². The molecule has 1 rings (SSSR count). The molecule has 82 valence electrons.